The molecule has 0 aromatic carbocycles. The molecule has 0 saturated heterocycles. The van der Waals surface area contributed by atoms with Crippen LogP contribution in [0.15, 0.2) is 4.99 Å². The van der Waals surface area contributed by atoms with Crippen LogP contribution in [0.2, 0.25) is 0 Å². The number of rotatable bonds is 5. The zero-order chi connectivity index (χ0) is 16.6. The quantitative estimate of drug-likeness (QED) is 0.794. The highest BCUT2D eigenvalue weighted by molar-refractivity contribution is 5.92. The average molecular weight is 316 g/mol. The van der Waals surface area contributed by atoms with Crippen LogP contribution in [-0.4, -0.2) is 52.5 Å². The maximum Gasteiger partial charge on any atom is 0.456 e. The zero-order valence-electron chi connectivity index (χ0n) is 11.8. The molecule has 9 heteroatoms. The predicted octanol–water partition coefficient (Wildman–Crippen LogP) is 2.93. The summed E-state index contributed by atoms with van der Waals surface area (Å²) in [6, 6.07) is -2.07. The Kier molecular flexibility index (Phi) is 4.55. The number of amidine groups is 1. The Hall–Kier alpha value is -1.41. The molecule has 1 N–H and O–H groups in total. The number of alkyl halides is 5. The first-order chi connectivity index (χ1) is 9.40. The number of hydrogen-bond acceptors (Lipinski definition) is 3. The Morgan fingerprint density at radius 2 is 1.90 bits per heavy atom. The van der Waals surface area contributed by atoms with E-state index in [-0.39, 0.29) is 12.3 Å². The summed E-state index contributed by atoms with van der Waals surface area (Å²) in [6.07, 6.45) is -4.53. The zero-order valence-corrected chi connectivity index (χ0v) is 11.8. The highest BCUT2D eigenvalue weighted by atomic mass is 19.4. The fourth-order valence-electron chi connectivity index (χ4n) is 2.44. The molecule has 2 unspecified atom stereocenters. The Labute approximate surface area is 118 Å². The van der Waals surface area contributed by atoms with Crippen LogP contribution < -0.4 is 0 Å². The van der Waals surface area contributed by atoms with Gasteiger partial charge in [-0.05, 0) is 13.3 Å². The van der Waals surface area contributed by atoms with Crippen molar-refractivity contribution in [1.82, 2.24) is 4.90 Å². The molecule has 0 aliphatic carbocycles. The van der Waals surface area contributed by atoms with Crippen LogP contribution in [0.3, 0.4) is 0 Å². The highest BCUT2D eigenvalue weighted by Crippen LogP contribution is 2.50. The number of aliphatic imine (C=N–C) groups is 1. The molecule has 0 aromatic rings. The van der Waals surface area contributed by atoms with E-state index in [1.54, 1.807) is 0 Å². The van der Waals surface area contributed by atoms with Crippen molar-refractivity contribution in [3.63, 3.8) is 0 Å². The molecule has 0 amide bonds. The van der Waals surface area contributed by atoms with Crippen molar-refractivity contribution in [3.8, 4) is 0 Å². The van der Waals surface area contributed by atoms with Crippen molar-refractivity contribution in [3.05, 3.63) is 0 Å². The molecule has 0 bridgehead atoms. The molecule has 2 atom stereocenters. The van der Waals surface area contributed by atoms with E-state index < -0.39 is 29.6 Å². The van der Waals surface area contributed by atoms with Gasteiger partial charge in [-0.1, -0.05) is 13.3 Å². The van der Waals surface area contributed by atoms with Gasteiger partial charge in [-0.15, -0.1) is 0 Å². The largest absolute Gasteiger partial charge is 0.480 e. The molecule has 0 saturated carbocycles. The van der Waals surface area contributed by atoms with E-state index in [4.69, 9.17) is 5.11 Å². The molecular formula is C12H17F5N2O2. The number of aliphatic carboxylic acids is 1. The van der Waals surface area contributed by atoms with Crippen molar-refractivity contribution in [1.29, 1.82) is 0 Å². The summed E-state index contributed by atoms with van der Waals surface area (Å²) in [6.45, 7) is 2.35. The van der Waals surface area contributed by atoms with Crippen molar-refractivity contribution in [2.45, 2.75) is 56.8 Å². The number of nitrogens with zero attached hydrogens (tertiary/aromatic N) is 2. The van der Waals surface area contributed by atoms with Crippen LogP contribution >= 0.6 is 0 Å². The fourth-order valence-corrected chi connectivity index (χ4v) is 2.44. The van der Waals surface area contributed by atoms with Gasteiger partial charge in [0.2, 0.25) is 0 Å². The number of carboxylic acid groups (broad SMARTS) is 1. The molecule has 0 aromatic heterocycles. The van der Waals surface area contributed by atoms with Gasteiger partial charge in [-0.2, -0.15) is 22.0 Å². The lowest BCUT2D eigenvalue weighted by Crippen LogP contribution is -2.63. The Morgan fingerprint density at radius 3 is 2.29 bits per heavy atom. The molecule has 1 heterocycles. The van der Waals surface area contributed by atoms with Crippen molar-refractivity contribution in [2.24, 2.45) is 4.99 Å². The molecule has 122 valence electrons. The van der Waals surface area contributed by atoms with Gasteiger partial charge in [-0.3, -0.25) is 4.99 Å². The molecule has 1 rings (SSSR count). The summed E-state index contributed by atoms with van der Waals surface area (Å²) in [7, 11) is 1.17. The predicted molar refractivity (Wildman–Crippen MR) is 65.6 cm³/mol. The number of hydrogen-bond donors (Lipinski definition) is 1. The Bertz CT molecular complexity index is 449. The van der Waals surface area contributed by atoms with Gasteiger partial charge in [0.1, 0.15) is 5.84 Å². The van der Waals surface area contributed by atoms with Crippen LogP contribution in [0, 0.1) is 0 Å². The van der Waals surface area contributed by atoms with Crippen molar-refractivity contribution in [2.75, 3.05) is 7.05 Å². The first-order valence-electron chi connectivity index (χ1n) is 6.39. The number of halogens is 5. The smallest absolute Gasteiger partial charge is 0.456 e. The molecule has 1 aliphatic rings. The fraction of sp³-hybridized carbons (Fsp3) is 0.833. The lowest BCUT2D eigenvalue weighted by Gasteiger charge is -2.36. The van der Waals surface area contributed by atoms with E-state index in [2.05, 4.69) is 4.99 Å². The maximum absolute atomic E-state index is 13.8. The monoisotopic (exact) mass is 316 g/mol. The summed E-state index contributed by atoms with van der Waals surface area (Å²) in [5.74, 6) is -7.06. The van der Waals surface area contributed by atoms with E-state index in [9.17, 15) is 26.7 Å². The second kappa shape index (κ2) is 5.42. The molecule has 1 aliphatic heterocycles. The standard InChI is InChI=1S/C12H17F5N2O2/c1-4-5-6-7-18-10(2,8(9(20)21)19(7)3)11(13,14)12(15,16)17/h8H,4-6H2,1-3H3,(H,20,21). The summed E-state index contributed by atoms with van der Waals surface area (Å²) < 4.78 is 65.5. The lowest BCUT2D eigenvalue weighted by atomic mass is 9.86. The van der Waals surface area contributed by atoms with Gasteiger partial charge < -0.3 is 10.0 Å². The first kappa shape index (κ1) is 17.6. The normalized spacial score (nSPS) is 27.0. The van der Waals surface area contributed by atoms with E-state index >= 15 is 0 Å². The van der Waals surface area contributed by atoms with E-state index in [0.29, 0.717) is 19.8 Å². The minimum absolute atomic E-state index is 0.0457. The minimum atomic E-state index is -5.88. The van der Waals surface area contributed by atoms with Gasteiger partial charge >= 0.3 is 18.1 Å². The first-order valence-corrected chi connectivity index (χ1v) is 6.39. The molecular weight excluding hydrogens is 299 g/mol. The van der Waals surface area contributed by atoms with Gasteiger partial charge in [0.15, 0.2) is 11.6 Å². The Balaban J connectivity index is 3.33. The summed E-state index contributed by atoms with van der Waals surface area (Å²) in [4.78, 5) is 15.6. The number of unbranched alkanes of at least 4 members (excludes halogenated alkanes) is 1. The second-order valence-electron chi connectivity index (χ2n) is 5.20. The SMILES string of the molecule is CCCCC1=NC(C)(C(F)(F)C(F)(F)F)C(C(=O)O)N1C. The molecule has 0 spiro atoms. The van der Waals surface area contributed by atoms with E-state index in [1.807, 2.05) is 6.92 Å². The molecule has 21 heavy (non-hydrogen) atoms. The van der Waals surface area contributed by atoms with Crippen LogP contribution in [0.4, 0.5) is 22.0 Å². The van der Waals surface area contributed by atoms with Gasteiger partial charge in [0.05, 0.1) is 0 Å². The Morgan fingerprint density at radius 1 is 1.38 bits per heavy atom. The van der Waals surface area contributed by atoms with Crippen LogP contribution in [-0.2, 0) is 4.79 Å². The minimum Gasteiger partial charge on any atom is -0.480 e. The maximum atomic E-state index is 13.8. The average Bonchev–Trinajstić information content (AvgIpc) is 2.58. The van der Waals surface area contributed by atoms with E-state index in [1.165, 1.54) is 7.05 Å². The van der Waals surface area contributed by atoms with Gasteiger partial charge in [-0.25, -0.2) is 4.79 Å². The summed E-state index contributed by atoms with van der Waals surface area (Å²) >= 11 is 0. The van der Waals surface area contributed by atoms with Crippen molar-refractivity contribution >= 4 is 11.8 Å². The summed E-state index contributed by atoms with van der Waals surface area (Å²) in [5, 5.41) is 9.08. The molecule has 4 nitrogen and oxygen atoms in total. The second-order valence-corrected chi connectivity index (χ2v) is 5.20. The van der Waals surface area contributed by atoms with Crippen LogP contribution in [0.25, 0.3) is 0 Å². The van der Waals surface area contributed by atoms with Crippen LogP contribution in [0.1, 0.15) is 33.1 Å². The lowest BCUT2D eigenvalue weighted by molar-refractivity contribution is -0.307. The third kappa shape index (κ3) is 2.69. The van der Waals surface area contributed by atoms with Crippen molar-refractivity contribution < 1.29 is 31.9 Å². The third-order valence-corrected chi connectivity index (χ3v) is 3.67. The van der Waals surface area contributed by atoms with Crippen LogP contribution in [0.5, 0.6) is 0 Å². The van der Waals surface area contributed by atoms with E-state index in [0.717, 1.165) is 4.90 Å². The van der Waals surface area contributed by atoms with Gasteiger partial charge in [0.25, 0.3) is 0 Å². The number of carbonyl (C=O) groups is 1. The summed E-state index contributed by atoms with van der Waals surface area (Å²) in [5.41, 5.74) is -3.09. The third-order valence-electron chi connectivity index (χ3n) is 3.67. The topological polar surface area (TPSA) is 52.9 Å². The number of likely N-dealkylation sites (N-methyl/N-ethyl adjacent to an activating group) is 1. The molecule has 0 radical (unpaired) electrons. The highest BCUT2D eigenvalue weighted by Gasteiger charge is 2.74. The molecule has 0 fully saturated rings. The van der Waals surface area contributed by atoms with Gasteiger partial charge in [0, 0.05) is 13.5 Å². The number of carboxylic acids is 1.